The number of likely N-dealkylation sites (N-methyl/N-ethyl adjacent to an activating group) is 1. The monoisotopic (exact) mass is 342 g/mol. The first-order chi connectivity index (χ1) is 12.3. The molecule has 1 amide bonds. The number of hydrogen-bond acceptors (Lipinski definition) is 4. The van der Waals surface area contributed by atoms with Gasteiger partial charge in [-0.05, 0) is 44.7 Å². The van der Waals surface area contributed by atoms with Crippen LogP contribution in [0.4, 0.5) is 5.69 Å². The number of nitrogens with zero attached hydrogens (tertiary/aromatic N) is 3. The van der Waals surface area contributed by atoms with Crippen LogP contribution in [0.3, 0.4) is 0 Å². The number of allylic oxidation sites excluding steroid dienone is 1. The zero-order valence-corrected chi connectivity index (χ0v) is 15.3. The highest BCUT2D eigenvalue weighted by Gasteiger charge is 2.17. The first-order valence-corrected chi connectivity index (χ1v) is 9.64. The Labute approximate surface area is 151 Å². The number of carbonyl (C=O) groups is 1. The van der Waals surface area contributed by atoms with Gasteiger partial charge in [-0.2, -0.15) is 0 Å². The molecule has 3 rings (SSSR count). The number of amides is 1. The highest BCUT2D eigenvalue weighted by Crippen LogP contribution is 2.20. The summed E-state index contributed by atoms with van der Waals surface area (Å²) in [6.07, 6.45) is 11.8. The van der Waals surface area contributed by atoms with Gasteiger partial charge in [-0.3, -0.25) is 9.78 Å². The number of anilines is 1. The topological polar surface area (TPSA) is 48.5 Å². The normalized spacial score (nSPS) is 18.8. The Kier molecular flexibility index (Phi) is 6.45. The molecule has 1 aliphatic carbocycles. The summed E-state index contributed by atoms with van der Waals surface area (Å²) >= 11 is 0. The van der Waals surface area contributed by atoms with Crippen LogP contribution >= 0.6 is 0 Å². The van der Waals surface area contributed by atoms with Gasteiger partial charge in [-0.15, -0.1) is 0 Å². The van der Waals surface area contributed by atoms with Crippen LogP contribution in [0.1, 0.15) is 49.4 Å². The Hall–Kier alpha value is -1.88. The predicted molar refractivity (Wildman–Crippen MR) is 102 cm³/mol. The SMILES string of the molecule is CCN1CCN(c2cncc(C(=O)NCCC3=CCCCC3)c2)CC1. The lowest BCUT2D eigenvalue weighted by molar-refractivity contribution is 0.0953. The first-order valence-electron chi connectivity index (χ1n) is 9.64. The molecule has 5 nitrogen and oxygen atoms in total. The van der Waals surface area contributed by atoms with Gasteiger partial charge in [0.1, 0.15) is 0 Å². The van der Waals surface area contributed by atoms with E-state index in [4.69, 9.17) is 0 Å². The summed E-state index contributed by atoms with van der Waals surface area (Å²) in [7, 11) is 0. The van der Waals surface area contributed by atoms with Crippen molar-refractivity contribution in [2.24, 2.45) is 0 Å². The van der Waals surface area contributed by atoms with Crippen molar-refractivity contribution in [3.63, 3.8) is 0 Å². The molecule has 2 heterocycles. The molecule has 2 aliphatic rings. The summed E-state index contributed by atoms with van der Waals surface area (Å²) < 4.78 is 0. The summed E-state index contributed by atoms with van der Waals surface area (Å²) in [5.74, 6) is -0.0158. The fourth-order valence-corrected chi connectivity index (χ4v) is 3.62. The molecule has 0 radical (unpaired) electrons. The second kappa shape index (κ2) is 8.99. The zero-order chi connectivity index (χ0) is 17.5. The lowest BCUT2D eigenvalue weighted by atomic mass is 9.97. The van der Waals surface area contributed by atoms with E-state index < -0.39 is 0 Å². The lowest BCUT2D eigenvalue weighted by Gasteiger charge is -2.35. The van der Waals surface area contributed by atoms with Crippen LogP contribution in [-0.4, -0.2) is 55.1 Å². The Morgan fingerprint density at radius 1 is 1.20 bits per heavy atom. The zero-order valence-electron chi connectivity index (χ0n) is 15.3. The number of nitrogens with one attached hydrogen (secondary N) is 1. The Bertz CT molecular complexity index is 605. The van der Waals surface area contributed by atoms with Crippen LogP contribution in [0.25, 0.3) is 0 Å². The van der Waals surface area contributed by atoms with Crippen molar-refractivity contribution in [1.29, 1.82) is 0 Å². The van der Waals surface area contributed by atoms with Crippen LogP contribution in [0, 0.1) is 0 Å². The molecule has 1 N–H and O–H groups in total. The third-order valence-electron chi connectivity index (χ3n) is 5.29. The minimum atomic E-state index is -0.0158. The summed E-state index contributed by atoms with van der Waals surface area (Å²) in [5.41, 5.74) is 3.21. The highest BCUT2D eigenvalue weighted by atomic mass is 16.1. The van der Waals surface area contributed by atoms with Crippen LogP contribution in [-0.2, 0) is 0 Å². The van der Waals surface area contributed by atoms with Gasteiger partial charge < -0.3 is 15.1 Å². The standard InChI is InChI=1S/C20H30N4O/c1-2-23-10-12-24(13-11-23)19-14-18(15-21-16-19)20(25)22-9-8-17-6-4-3-5-7-17/h6,14-16H,2-5,7-13H2,1H3,(H,22,25). The Morgan fingerprint density at radius 3 is 2.76 bits per heavy atom. The molecule has 1 aromatic rings. The van der Waals surface area contributed by atoms with Gasteiger partial charge >= 0.3 is 0 Å². The second-order valence-electron chi connectivity index (χ2n) is 6.97. The van der Waals surface area contributed by atoms with Gasteiger partial charge in [0.2, 0.25) is 0 Å². The third-order valence-corrected chi connectivity index (χ3v) is 5.29. The van der Waals surface area contributed by atoms with Crippen molar-refractivity contribution in [3.8, 4) is 0 Å². The van der Waals surface area contributed by atoms with Crippen molar-refractivity contribution >= 4 is 11.6 Å². The van der Waals surface area contributed by atoms with Crippen LogP contribution in [0.15, 0.2) is 30.1 Å². The summed E-state index contributed by atoms with van der Waals surface area (Å²) in [5, 5.41) is 3.05. The van der Waals surface area contributed by atoms with Crippen LogP contribution in [0.5, 0.6) is 0 Å². The van der Waals surface area contributed by atoms with Crippen molar-refractivity contribution < 1.29 is 4.79 Å². The second-order valence-corrected chi connectivity index (χ2v) is 6.97. The number of pyridine rings is 1. The van der Waals surface area contributed by atoms with E-state index in [0.717, 1.165) is 44.8 Å². The van der Waals surface area contributed by atoms with Crippen molar-refractivity contribution in [2.75, 3.05) is 44.2 Å². The number of hydrogen-bond donors (Lipinski definition) is 1. The maximum atomic E-state index is 12.4. The van der Waals surface area contributed by atoms with E-state index in [1.807, 2.05) is 12.3 Å². The van der Waals surface area contributed by atoms with Gasteiger partial charge in [0.25, 0.3) is 5.91 Å². The molecule has 1 saturated heterocycles. The van der Waals surface area contributed by atoms with E-state index in [1.54, 1.807) is 6.20 Å². The fraction of sp³-hybridized carbons (Fsp3) is 0.600. The maximum absolute atomic E-state index is 12.4. The third kappa shape index (κ3) is 5.05. The highest BCUT2D eigenvalue weighted by molar-refractivity contribution is 5.94. The quantitative estimate of drug-likeness (QED) is 0.808. The molecule has 25 heavy (non-hydrogen) atoms. The molecule has 0 saturated carbocycles. The number of carbonyl (C=O) groups excluding carboxylic acids is 1. The molecular weight excluding hydrogens is 312 g/mol. The minimum Gasteiger partial charge on any atom is -0.368 e. The number of aromatic nitrogens is 1. The molecule has 0 atom stereocenters. The summed E-state index contributed by atoms with van der Waals surface area (Å²) in [6, 6.07) is 1.98. The smallest absolute Gasteiger partial charge is 0.252 e. The maximum Gasteiger partial charge on any atom is 0.252 e. The van der Waals surface area contributed by atoms with E-state index in [-0.39, 0.29) is 5.91 Å². The Balaban J connectivity index is 1.52. The number of rotatable bonds is 6. The van der Waals surface area contributed by atoms with E-state index >= 15 is 0 Å². The Morgan fingerprint density at radius 2 is 2.04 bits per heavy atom. The molecular formula is C20H30N4O. The summed E-state index contributed by atoms with van der Waals surface area (Å²) in [6.45, 7) is 8.15. The lowest BCUT2D eigenvalue weighted by Crippen LogP contribution is -2.46. The van der Waals surface area contributed by atoms with E-state index in [0.29, 0.717) is 12.1 Å². The largest absolute Gasteiger partial charge is 0.368 e. The molecule has 0 spiro atoms. The van der Waals surface area contributed by atoms with Crippen molar-refractivity contribution in [2.45, 2.75) is 39.0 Å². The minimum absolute atomic E-state index is 0.0158. The van der Waals surface area contributed by atoms with Gasteiger partial charge in [-0.1, -0.05) is 18.6 Å². The molecule has 0 aromatic carbocycles. The first kappa shape index (κ1) is 17.9. The average Bonchev–Trinajstić information content (AvgIpc) is 2.69. The molecule has 5 heteroatoms. The van der Waals surface area contributed by atoms with Crippen LogP contribution in [0.2, 0.25) is 0 Å². The van der Waals surface area contributed by atoms with Gasteiger partial charge in [0.05, 0.1) is 17.4 Å². The molecule has 1 fully saturated rings. The van der Waals surface area contributed by atoms with Gasteiger partial charge in [0.15, 0.2) is 0 Å². The molecule has 0 bridgehead atoms. The fourth-order valence-electron chi connectivity index (χ4n) is 3.62. The molecule has 0 unspecified atom stereocenters. The molecule has 1 aromatic heterocycles. The summed E-state index contributed by atoms with van der Waals surface area (Å²) in [4.78, 5) is 21.5. The van der Waals surface area contributed by atoms with Crippen LogP contribution < -0.4 is 10.2 Å². The van der Waals surface area contributed by atoms with E-state index in [9.17, 15) is 4.79 Å². The average molecular weight is 342 g/mol. The van der Waals surface area contributed by atoms with Crippen molar-refractivity contribution in [3.05, 3.63) is 35.7 Å². The van der Waals surface area contributed by atoms with Crippen molar-refractivity contribution in [1.82, 2.24) is 15.2 Å². The molecule has 136 valence electrons. The predicted octanol–water partition coefficient (Wildman–Crippen LogP) is 2.84. The van der Waals surface area contributed by atoms with E-state index in [2.05, 4.69) is 33.1 Å². The molecule has 1 aliphatic heterocycles. The van der Waals surface area contributed by atoms with E-state index in [1.165, 1.54) is 31.3 Å². The number of piperazine rings is 1. The van der Waals surface area contributed by atoms with Gasteiger partial charge in [-0.25, -0.2) is 0 Å². The van der Waals surface area contributed by atoms with Gasteiger partial charge in [0, 0.05) is 38.9 Å².